The molecule has 194 valence electrons. The average molecular weight is 494 g/mol. The number of pyridine rings is 1. The minimum atomic E-state index is 0.747. The fourth-order valence-electron chi connectivity index (χ4n) is 4.72. The lowest BCUT2D eigenvalue weighted by atomic mass is 9.91. The van der Waals surface area contributed by atoms with Gasteiger partial charge in [0.05, 0.1) is 11.4 Å². The molecule has 0 bridgehead atoms. The van der Waals surface area contributed by atoms with Crippen molar-refractivity contribution in [3.05, 3.63) is 36.2 Å². The molecule has 0 aliphatic heterocycles. The van der Waals surface area contributed by atoms with Crippen LogP contribution in [0.5, 0.6) is 0 Å². The van der Waals surface area contributed by atoms with Crippen LogP contribution in [0.4, 0.5) is 0 Å². The Kier molecular flexibility index (Phi) is 15.8. The van der Waals surface area contributed by atoms with Crippen molar-refractivity contribution in [3.63, 3.8) is 0 Å². The summed E-state index contributed by atoms with van der Waals surface area (Å²) in [7, 11) is 0.747. The maximum absolute atomic E-state index is 4.71. The molecule has 4 heteroatoms. The van der Waals surface area contributed by atoms with Crippen molar-refractivity contribution in [2.45, 2.75) is 130 Å². The molecule has 2 radical (unpaired) electrons. The van der Waals surface area contributed by atoms with Crippen LogP contribution in [-0.4, -0.2) is 24.7 Å². The topological polar surface area (TPSA) is 38.7 Å². The first kappa shape index (κ1) is 29.7. The summed E-state index contributed by atoms with van der Waals surface area (Å²) in [5, 5.41) is 10.3. The molecule has 0 spiro atoms. The quantitative estimate of drug-likeness (QED) is 0.137. The first-order chi connectivity index (χ1) is 17.1. The van der Waals surface area contributed by atoms with Gasteiger partial charge in [0, 0.05) is 17.1 Å². The van der Waals surface area contributed by atoms with Gasteiger partial charge in [-0.15, -0.1) is 0 Å². The molecule has 2 atom stereocenters. The fourth-order valence-corrected chi connectivity index (χ4v) is 5.96. The van der Waals surface area contributed by atoms with Gasteiger partial charge in [-0.2, -0.15) is 10.2 Å². The average Bonchev–Trinajstić information content (AvgIpc) is 2.88. The van der Waals surface area contributed by atoms with Gasteiger partial charge in [0.25, 0.3) is 0 Å². The molecule has 0 aliphatic carbocycles. The van der Waals surface area contributed by atoms with E-state index in [-0.39, 0.29) is 0 Å². The van der Waals surface area contributed by atoms with E-state index in [4.69, 9.17) is 4.98 Å². The third-order valence-electron chi connectivity index (χ3n) is 7.21. The minimum absolute atomic E-state index is 0.747. The Labute approximate surface area is 219 Å². The number of hydrogen-bond donors (Lipinski definition) is 0. The van der Waals surface area contributed by atoms with E-state index in [1.165, 1.54) is 107 Å². The minimum Gasteiger partial charge on any atom is -0.266 e. The molecular formula is C31H51N3Si. The van der Waals surface area contributed by atoms with Crippen LogP contribution in [0.1, 0.15) is 123 Å². The summed E-state index contributed by atoms with van der Waals surface area (Å²) in [5.41, 5.74) is 3.25. The summed E-state index contributed by atoms with van der Waals surface area (Å²) in [6, 6.07) is 9.72. The highest BCUT2D eigenvalue weighted by atomic mass is 28.2. The number of aromatic nitrogens is 3. The van der Waals surface area contributed by atoms with Crippen molar-refractivity contribution >= 4 is 14.8 Å². The van der Waals surface area contributed by atoms with E-state index in [1.807, 2.05) is 12.3 Å². The molecule has 0 saturated carbocycles. The lowest BCUT2D eigenvalue weighted by molar-refractivity contribution is 0.382. The molecule has 0 saturated heterocycles. The third kappa shape index (κ3) is 12.8. The van der Waals surface area contributed by atoms with Crippen LogP contribution in [-0.2, 0) is 6.42 Å². The molecule has 2 aromatic rings. The van der Waals surface area contributed by atoms with E-state index in [0.717, 1.165) is 39.2 Å². The predicted octanol–water partition coefficient (Wildman–Crippen LogP) is 8.60. The summed E-state index contributed by atoms with van der Waals surface area (Å²) >= 11 is 0. The molecule has 2 rings (SSSR count). The number of aryl methyl sites for hydroxylation is 1. The standard InChI is InChI=1S/C31H51N3Si/c1-5-7-9-10-12-18-28-22-23-30(34-33-28)29-19-15-24-32-31(29)35-25-14-13-17-27(4)21-20-26(3)16-11-8-6-2/h15,19,22-24,26-27H,5-14,16-18,20-21,25H2,1-4H3. The van der Waals surface area contributed by atoms with E-state index in [2.05, 4.69) is 56.1 Å². The molecule has 0 fully saturated rings. The van der Waals surface area contributed by atoms with Gasteiger partial charge >= 0.3 is 0 Å². The van der Waals surface area contributed by atoms with Gasteiger partial charge in [0.1, 0.15) is 9.52 Å². The molecule has 3 nitrogen and oxygen atoms in total. The number of hydrogen-bond acceptors (Lipinski definition) is 3. The molecule has 0 N–H and O–H groups in total. The molecule has 0 amide bonds. The van der Waals surface area contributed by atoms with Crippen molar-refractivity contribution in [3.8, 4) is 11.3 Å². The molecule has 0 aliphatic rings. The highest BCUT2D eigenvalue weighted by Gasteiger charge is 2.10. The highest BCUT2D eigenvalue weighted by Crippen LogP contribution is 2.21. The molecule has 35 heavy (non-hydrogen) atoms. The van der Waals surface area contributed by atoms with E-state index in [0.29, 0.717) is 0 Å². The van der Waals surface area contributed by atoms with Crippen LogP contribution in [0.3, 0.4) is 0 Å². The van der Waals surface area contributed by atoms with Gasteiger partial charge in [-0.1, -0.05) is 117 Å². The largest absolute Gasteiger partial charge is 0.266 e. The van der Waals surface area contributed by atoms with E-state index in [9.17, 15) is 0 Å². The zero-order valence-corrected chi connectivity index (χ0v) is 24.2. The third-order valence-corrected chi connectivity index (χ3v) is 8.55. The molecule has 2 unspecified atom stereocenters. The normalized spacial score (nSPS) is 13.1. The van der Waals surface area contributed by atoms with Gasteiger partial charge in [0.15, 0.2) is 0 Å². The van der Waals surface area contributed by atoms with Crippen molar-refractivity contribution in [2.75, 3.05) is 0 Å². The van der Waals surface area contributed by atoms with Gasteiger partial charge in [-0.05, 0) is 48.9 Å². The molecule has 2 aromatic heterocycles. The van der Waals surface area contributed by atoms with Crippen LogP contribution in [0, 0.1) is 11.8 Å². The predicted molar refractivity (Wildman–Crippen MR) is 153 cm³/mol. The summed E-state index contributed by atoms with van der Waals surface area (Å²) < 4.78 is 0. The van der Waals surface area contributed by atoms with Crippen LogP contribution < -0.4 is 5.32 Å². The highest BCUT2D eigenvalue weighted by molar-refractivity contribution is 6.54. The number of nitrogens with zero attached hydrogens (tertiary/aromatic N) is 3. The Morgan fingerprint density at radius 1 is 0.714 bits per heavy atom. The Hall–Kier alpha value is -1.55. The van der Waals surface area contributed by atoms with Crippen LogP contribution >= 0.6 is 0 Å². The SMILES string of the molecule is CCCCCCCc1ccc(-c2cccnc2[Si]CCCCC(C)CCC(C)CCCCC)nn1. The van der Waals surface area contributed by atoms with Crippen LogP contribution in [0.15, 0.2) is 30.5 Å². The second-order valence-electron chi connectivity index (χ2n) is 10.7. The molecule has 2 heterocycles. The smallest absolute Gasteiger partial charge is 0.108 e. The van der Waals surface area contributed by atoms with Gasteiger partial charge in [-0.3, -0.25) is 4.98 Å². The lowest BCUT2D eigenvalue weighted by Crippen LogP contribution is -2.21. The van der Waals surface area contributed by atoms with E-state index >= 15 is 0 Å². The van der Waals surface area contributed by atoms with Crippen molar-refractivity contribution in [1.29, 1.82) is 0 Å². The Balaban J connectivity index is 1.69. The van der Waals surface area contributed by atoms with Gasteiger partial charge in [0.2, 0.25) is 0 Å². The number of unbranched alkanes of at least 4 members (excludes halogenated alkanes) is 7. The van der Waals surface area contributed by atoms with Crippen LogP contribution in [0.25, 0.3) is 11.3 Å². The monoisotopic (exact) mass is 493 g/mol. The number of rotatable bonds is 20. The van der Waals surface area contributed by atoms with Crippen molar-refractivity contribution in [2.24, 2.45) is 11.8 Å². The summed E-state index contributed by atoms with van der Waals surface area (Å²) in [4.78, 5) is 4.71. The fraction of sp³-hybridized carbons (Fsp3) is 0.710. The second-order valence-corrected chi connectivity index (χ2v) is 12.0. The molecule has 0 aromatic carbocycles. The second kappa shape index (κ2) is 18.7. The maximum atomic E-state index is 4.71. The van der Waals surface area contributed by atoms with Gasteiger partial charge in [-0.25, -0.2) is 0 Å². The summed E-state index contributed by atoms with van der Waals surface area (Å²) in [6.45, 7) is 9.45. The van der Waals surface area contributed by atoms with E-state index in [1.54, 1.807) is 0 Å². The lowest BCUT2D eigenvalue weighted by Gasteiger charge is -2.15. The van der Waals surface area contributed by atoms with Crippen molar-refractivity contribution in [1.82, 2.24) is 15.2 Å². The summed E-state index contributed by atoms with van der Waals surface area (Å²) in [6.07, 6.45) is 21.8. The maximum Gasteiger partial charge on any atom is 0.108 e. The zero-order chi connectivity index (χ0) is 25.1. The van der Waals surface area contributed by atoms with Gasteiger partial charge < -0.3 is 0 Å². The Bertz CT molecular complexity index is 777. The van der Waals surface area contributed by atoms with Crippen LogP contribution in [0.2, 0.25) is 6.04 Å². The Morgan fingerprint density at radius 3 is 2.09 bits per heavy atom. The molecular weight excluding hydrogens is 442 g/mol. The zero-order valence-electron chi connectivity index (χ0n) is 23.2. The first-order valence-electron chi connectivity index (χ1n) is 14.7. The Morgan fingerprint density at radius 2 is 1.40 bits per heavy atom. The van der Waals surface area contributed by atoms with Crippen molar-refractivity contribution < 1.29 is 0 Å². The van der Waals surface area contributed by atoms with E-state index < -0.39 is 0 Å². The summed E-state index contributed by atoms with van der Waals surface area (Å²) in [5.74, 6) is 1.76. The first-order valence-corrected chi connectivity index (χ1v) is 15.9.